The summed E-state index contributed by atoms with van der Waals surface area (Å²) in [5.74, 6) is 0. The van der Waals surface area contributed by atoms with Crippen LogP contribution in [0.4, 0.5) is 5.69 Å². The molecule has 0 saturated heterocycles. The van der Waals surface area contributed by atoms with Gasteiger partial charge in [-0.3, -0.25) is 0 Å². The van der Waals surface area contributed by atoms with Gasteiger partial charge in [-0.2, -0.15) is 0 Å². The summed E-state index contributed by atoms with van der Waals surface area (Å²) < 4.78 is 0. The third kappa shape index (κ3) is 5.36. The van der Waals surface area contributed by atoms with E-state index in [-0.39, 0.29) is 5.41 Å². The molecule has 0 aromatic heterocycles. The molecule has 0 aliphatic rings. The molecule has 0 unspecified atom stereocenters. The maximum absolute atomic E-state index is 5.86. The summed E-state index contributed by atoms with van der Waals surface area (Å²) in [5, 5.41) is 7.59. The molecule has 0 aliphatic heterocycles. The Labute approximate surface area is 138 Å². The van der Waals surface area contributed by atoms with E-state index in [2.05, 4.69) is 55.7 Å². The zero-order valence-electron chi connectivity index (χ0n) is 13.6. The first-order valence-electron chi connectivity index (χ1n) is 7.75. The maximum Gasteiger partial charge on any atom is 0.0407 e. The van der Waals surface area contributed by atoms with Gasteiger partial charge in [-0.15, -0.1) is 0 Å². The van der Waals surface area contributed by atoms with Gasteiger partial charge in [-0.25, -0.2) is 0 Å². The number of halogens is 1. The van der Waals surface area contributed by atoms with Crippen molar-refractivity contribution in [1.82, 2.24) is 5.32 Å². The minimum atomic E-state index is 0.217. The summed E-state index contributed by atoms with van der Waals surface area (Å²) in [6.07, 6.45) is 0. The maximum atomic E-state index is 5.86. The van der Waals surface area contributed by atoms with Crippen LogP contribution >= 0.6 is 11.6 Å². The van der Waals surface area contributed by atoms with Gasteiger partial charge in [0.15, 0.2) is 0 Å². The second-order valence-electron chi connectivity index (χ2n) is 6.56. The average molecular weight is 317 g/mol. The fraction of sp³-hybridized carbons (Fsp3) is 0.368. The molecule has 2 nitrogen and oxygen atoms in total. The highest BCUT2D eigenvalue weighted by molar-refractivity contribution is 6.30. The second kappa shape index (κ2) is 7.66. The Kier molecular flexibility index (Phi) is 5.87. The van der Waals surface area contributed by atoms with Gasteiger partial charge in [0.25, 0.3) is 0 Å². The minimum Gasteiger partial charge on any atom is -0.384 e. The van der Waals surface area contributed by atoms with E-state index in [1.54, 1.807) is 0 Å². The van der Waals surface area contributed by atoms with Gasteiger partial charge in [0.1, 0.15) is 0 Å². The van der Waals surface area contributed by atoms with E-state index in [4.69, 9.17) is 11.6 Å². The van der Waals surface area contributed by atoms with Gasteiger partial charge >= 0.3 is 0 Å². The number of nitrogens with one attached hydrogen (secondary N) is 2. The topological polar surface area (TPSA) is 24.1 Å². The van der Waals surface area contributed by atoms with E-state index in [0.717, 1.165) is 30.3 Å². The third-order valence-corrected chi connectivity index (χ3v) is 3.88. The van der Waals surface area contributed by atoms with Gasteiger partial charge in [-0.05, 0) is 40.8 Å². The third-order valence-electron chi connectivity index (χ3n) is 3.62. The molecule has 0 spiro atoms. The van der Waals surface area contributed by atoms with Gasteiger partial charge in [-0.1, -0.05) is 56.6 Å². The average Bonchev–Trinajstić information content (AvgIpc) is 2.48. The highest BCUT2D eigenvalue weighted by Crippen LogP contribution is 2.22. The van der Waals surface area contributed by atoms with Crippen LogP contribution in [0.5, 0.6) is 0 Å². The predicted octanol–water partition coefficient (Wildman–Crippen LogP) is 4.84. The van der Waals surface area contributed by atoms with Crippen molar-refractivity contribution >= 4 is 17.3 Å². The smallest absolute Gasteiger partial charge is 0.0407 e. The first-order chi connectivity index (χ1) is 10.4. The lowest BCUT2D eigenvalue weighted by Crippen LogP contribution is -2.21. The standard InChI is InChI=1S/C19H25ClN2/c1-19(2,3)16-6-4-15(5-7-16)14-21-12-13-22-18-10-8-17(20)9-11-18/h4-11,21-22H,12-14H2,1-3H3. The molecule has 22 heavy (non-hydrogen) atoms. The molecule has 2 aromatic carbocycles. The molecule has 0 bridgehead atoms. The summed E-state index contributed by atoms with van der Waals surface area (Å²) >= 11 is 5.86. The van der Waals surface area contributed by atoms with E-state index in [1.807, 2.05) is 24.3 Å². The van der Waals surface area contributed by atoms with Crippen LogP contribution in [0.1, 0.15) is 31.9 Å². The highest BCUT2D eigenvalue weighted by atomic mass is 35.5. The number of hydrogen-bond acceptors (Lipinski definition) is 2. The fourth-order valence-corrected chi connectivity index (χ4v) is 2.34. The lowest BCUT2D eigenvalue weighted by molar-refractivity contribution is 0.589. The van der Waals surface area contributed by atoms with Crippen molar-refractivity contribution in [3.05, 3.63) is 64.7 Å². The van der Waals surface area contributed by atoms with Crippen molar-refractivity contribution < 1.29 is 0 Å². The Hall–Kier alpha value is -1.51. The molecule has 3 heteroatoms. The molecule has 0 amide bonds. The van der Waals surface area contributed by atoms with E-state index in [9.17, 15) is 0 Å². The molecule has 2 rings (SSSR count). The predicted molar refractivity (Wildman–Crippen MR) is 96.8 cm³/mol. The van der Waals surface area contributed by atoms with Gasteiger partial charge in [0.2, 0.25) is 0 Å². The molecule has 2 aromatic rings. The van der Waals surface area contributed by atoms with Crippen LogP contribution in [0.2, 0.25) is 5.02 Å². The quantitative estimate of drug-likeness (QED) is 0.745. The van der Waals surface area contributed by atoms with Crippen LogP contribution in [-0.4, -0.2) is 13.1 Å². The molecule has 0 fully saturated rings. The normalized spacial score (nSPS) is 11.5. The Morgan fingerprint density at radius 1 is 0.864 bits per heavy atom. The van der Waals surface area contributed by atoms with E-state index in [1.165, 1.54) is 11.1 Å². The SMILES string of the molecule is CC(C)(C)c1ccc(CNCCNc2ccc(Cl)cc2)cc1. The molecular weight excluding hydrogens is 292 g/mol. The van der Waals surface area contributed by atoms with Crippen LogP contribution in [0.15, 0.2) is 48.5 Å². The second-order valence-corrected chi connectivity index (χ2v) is 6.99. The Morgan fingerprint density at radius 2 is 1.50 bits per heavy atom. The molecule has 118 valence electrons. The summed E-state index contributed by atoms with van der Waals surface area (Å²) in [7, 11) is 0. The monoisotopic (exact) mass is 316 g/mol. The first-order valence-corrected chi connectivity index (χ1v) is 8.12. The Morgan fingerprint density at radius 3 is 2.09 bits per heavy atom. The van der Waals surface area contributed by atoms with Crippen LogP contribution < -0.4 is 10.6 Å². The van der Waals surface area contributed by atoms with Gasteiger partial charge in [0, 0.05) is 30.3 Å². The molecule has 2 N–H and O–H groups in total. The summed E-state index contributed by atoms with van der Waals surface area (Å²) in [4.78, 5) is 0. The number of anilines is 1. The van der Waals surface area contributed by atoms with Crippen molar-refractivity contribution in [2.24, 2.45) is 0 Å². The van der Waals surface area contributed by atoms with Gasteiger partial charge in [0.05, 0.1) is 0 Å². The highest BCUT2D eigenvalue weighted by Gasteiger charge is 2.12. The van der Waals surface area contributed by atoms with E-state index >= 15 is 0 Å². The molecule has 0 radical (unpaired) electrons. The van der Waals surface area contributed by atoms with Crippen LogP contribution in [0.25, 0.3) is 0 Å². The van der Waals surface area contributed by atoms with Gasteiger partial charge < -0.3 is 10.6 Å². The molecule has 0 heterocycles. The summed E-state index contributed by atoms with van der Waals surface area (Å²) in [6.45, 7) is 9.42. The van der Waals surface area contributed by atoms with Crippen LogP contribution in [0, 0.1) is 0 Å². The van der Waals surface area contributed by atoms with Crippen molar-refractivity contribution in [1.29, 1.82) is 0 Å². The molecule has 0 aliphatic carbocycles. The van der Waals surface area contributed by atoms with Crippen molar-refractivity contribution in [2.75, 3.05) is 18.4 Å². The largest absolute Gasteiger partial charge is 0.384 e. The minimum absolute atomic E-state index is 0.217. The molecular formula is C19H25ClN2. The summed E-state index contributed by atoms with van der Waals surface area (Å²) in [6, 6.07) is 16.6. The van der Waals surface area contributed by atoms with E-state index < -0.39 is 0 Å². The fourth-order valence-electron chi connectivity index (χ4n) is 2.22. The zero-order valence-corrected chi connectivity index (χ0v) is 14.4. The summed E-state index contributed by atoms with van der Waals surface area (Å²) in [5.41, 5.74) is 4.01. The molecule has 0 atom stereocenters. The van der Waals surface area contributed by atoms with Crippen LogP contribution in [0.3, 0.4) is 0 Å². The Balaban J connectivity index is 1.69. The first kappa shape index (κ1) is 16.9. The number of benzene rings is 2. The lowest BCUT2D eigenvalue weighted by Gasteiger charge is -2.19. The van der Waals surface area contributed by atoms with Crippen molar-refractivity contribution in [2.45, 2.75) is 32.7 Å². The van der Waals surface area contributed by atoms with Crippen molar-refractivity contribution in [3.63, 3.8) is 0 Å². The lowest BCUT2D eigenvalue weighted by atomic mass is 9.87. The van der Waals surface area contributed by atoms with Crippen LogP contribution in [-0.2, 0) is 12.0 Å². The van der Waals surface area contributed by atoms with Crippen molar-refractivity contribution in [3.8, 4) is 0 Å². The molecule has 0 saturated carbocycles. The number of rotatable bonds is 6. The zero-order chi connectivity index (χ0) is 16.0. The van der Waals surface area contributed by atoms with E-state index in [0.29, 0.717) is 0 Å². The number of hydrogen-bond donors (Lipinski definition) is 2. The Bertz CT molecular complexity index is 568.